The second-order valence-electron chi connectivity index (χ2n) is 2.78. The maximum atomic E-state index is 2.26. The molecule has 0 aliphatic rings. The van der Waals surface area contributed by atoms with Gasteiger partial charge in [-0.1, -0.05) is 35.6 Å². The Kier molecular flexibility index (Phi) is 2.15. The maximum absolute atomic E-state index is 2.26. The standard InChI is InChI=1S/C9H13B/c1-7-3-4-8(2)9(5-7)6-10/h3-5H,6,10H2,1-2H3. The van der Waals surface area contributed by atoms with Crippen molar-refractivity contribution in [3.8, 4) is 0 Å². The summed E-state index contributed by atoms with van der Waals surface area (Å²) in [6, 6.07) is 6.61. The van der Waals surface area contributed by atoms with Gasteiger partial charge in [0, 0.05) is 0 Å². The van der Waals surface area contributed by atoms with Crippen LogP contribution in [0.3, 0.4) is 0 Å². The summed E-state index contributed by atoms with van der Waals surface area (Å²) in [4.78, 5) is 0. The van der Waals surface area contributed by atoms with Gasteiger partial charge in [-0.2, -0.15) is 0 Å². The van der Waals surface area contributed by atoms with E-state index in [1.54, 1.807) is 0 Å². The normalized spacial score (nSPS) is 9.80. The zero-order valence-electron chi connectivity index (χ0n) is 6.94. The third-order valence-electron chi connectivity index (χ3n) is 1.89. The van der Waals surface area contributed by atoms with E-state index in [1.807, 2.05) is 0 Å². The minimum absolute atomic E-state index is 1.15. The predicted molar refractivity (Wildman–Crippen MR) is 48.2 cm³/mol. The molecule has 52 valence electrons. The molecule has 0 fully saturated rings. The van der Waals surface area contributed by atoms with Gasteiger partial charge in [0.05, 0.1) is 0 Å². The van der Waals surface area contributed by atoms with Crippen LogP contribution in [0.25, 0.3) is 0 Å². The minimum atomic E-state index is 1.15. The van der Waals surface area contributed by atoms with Crippen molar-refractivity contribution in [1.82, 2.24) is 0 Å². The minimum Gasteiger partial charge on any atom is -0.0590 e. The summed E-state index contributed by atoms with van der Waals surface area (Å²) < 4.78 is 0. The lowest BCUT2D eigenvalue weighted by Crippen LogP contribution is -1.88. The fourth-order valence-corrected chi connectivity index (χ4v) is 1.18. The van der Waals surface area contributed by atoms with E-state index in [0.29, 0.717) is 0 Å². The Bertz CT molecular complexity index is 228. The molecule has 0 aliphatic carbocycles. The highest BCUT2D eigenvalue weighted by atomic mass is 14.0. The topological polar surface area (TPSA) is 0 Å². The van der Waals surface area contributed by atoms with Crippen LogP contribution in [-0.2, 0) is 6.32 Å². The highest BCUT2D eigenvalue weighted by molar-refractivity contribution is 6.08. The van der Waals surface area contributed by atoms with Crippen LogP contribution in [0.4, 0.5) is 0 Å². The molecule has 1 heteroatoms. The second-order valence-corrected chi connectivity index (χ2v) is 2.78. The molecule has 0 nitrogen and oxygen atoms in total. The summed E-state index contributed by atoms with van der Waals surface area (Å²) in [5.41, 5.74) is 4.25. The zero-order chi connectivity index (χ0) is 7.56. The lowest BCUT2D eigenvalue weighted by molar-refractivity contribution is 1.27. The van der Waals surface area contributed by atoms with Gasteiger partial charge in [-0.15, -0.1) is 0 Å². The molecule has 0 unspecified atom stereocenters. The highest BCUT2D eigenvalue weighted by Gasteiger charge is 1.93. The van der Waals surface area contributed by atoms with Crippen molar-refractivity contribution in [3.63, 3.8) is 0 Å². The molecule has 0 aliphatic heterocycles. The highest BCUT2D eigenvalue weighted by Crippen LogP contribution is 2.09. The molecule has 0 amide bonds. The van der Waals surface area contributed by atoms with Crippen molar-refractivity contribution in [2.45, 2.75) is 20.2 Å². The largest absolute Gasteiger partial charge is 0.107 e. The molecule has 1 aromatic rings. The lowest BCUT2D eigenvalue weighted by Gasteiger charge is -2.02. The summed E-state index contributed by atoms with van der Waals surface area (Å²) in [6.07, 6.45) is 1.15. The summed E-state index contributed by atoms with van der Waals surface area (Å²) in [5.74, 6) is 0. The van der Waals surface area contributed by atoms with E-state index in [2.05, 4.69) is 39.9 Å². The third kappa shape index (κ3) is 1.41. The second kappa shape index (κ2) is 2.91. The van der Waals surface area contributed by atoms with Crippen LogP contribution >= 0.6 is 0 Å². The van der Waals surface area contributed by atoms with Gasteiger partial charge in [-0.05, 0) is 19.4 Å². The van der Waals surface area contributed by atoms with Crippen molar-refractivity contribution >= 4 is 7.85 Å². The molecule has 0 heterocycles. The average Bonchev–Trinajstić information content (AvgIpc) is 1.94. The molecule has 10 heavy (non-hydrogen) atoms. The first-order chi connectivity index (χ1) is 4.74. The quantitative estimate of drug-likeness (QED) is 0.507. The van der Waals surface area contributed by atoms with Crippen LogP contribution in [0, 0.1) is 13.8 Å². The Balaban J connectivity index is 3.09. The van der Waals surface area contributed by atoms with Crippen molar-refractivity contribution in [2.75, 3.05) is 0 Å². The van der Waals surface area contributed by atoms with Gasteiger partial charge in [0.1, 0.15) is 7.85 Å². The first-order valence-corrected chi connectivity index (χ1v) is 3.80. The van der Waals surface area contributed by atoms with E-state index < -0.39 is 0 Å². The Labute approximate surface area is 63.7 Å². The molecule has 0 spiro atoms. The van der Waals surface area contributed by atoms with Gasteiger partial charge >= 0.3 is 0 Å². The van der Waals surface area contributed by atoms with E-state index in [-0.39, 0.29) is 0 Å². The van der Waals surface area contributed by atoms with Crippen molar-refractivity contribution < 1.29 is 0 Å². The molecular weight excluding hydrogens is 119 g/mol. The SMILES string of the molecule is BCc1cc(C)ccc1C. The Morgan fingerprint density at radius 3 is 2.50 bits per heavy atom. The lowest BCUT2D eigenvalue weighted by atomic mass is 9.92. The van der Waals surface area contributed by atoms with Crippen molar-refractivity contribution in [2.24, 2.45) is 0 Å². The van der Waals surface area contributed by atoms with Crippen LogP contribution in [0.2, 0.25) is 0 Å². The number of rotatable bonds is 1. The van der Waals surface area contributed by atoms with Crippen LogP contribution in [0.1, 0.15) is 16.7 Å². The summed E-state index contributed by atoms with van der Waals surface area (Å²) >= 11 is 0. The maximum Gasteiger partial charge on any atom is 0.107 e. The third-order valence-corrected chi connectivity index (χ3v) is 1.89. The summed E-state index contributed by atoms with van der Waals surface area (Å²) in [7, 11) is 2.20. The van der Waals surface area contributed by atoms with Crippen LogP contribution < -0.4 is 0 Å². The molecule has 0 saturated carbocycles. The molecule has 0 saturated heterocycles. The smallest absolute Gasteiger partial charge is 0.0590 e. The number of benzene rings is 1. The van der Waals surface area contributed by atoms with E-state index in [1.165, 1.54) is 16.7 Å². The Hall–Kier alpha value is -0.715. The van der Waals surface area contributed by atoms with E-state index >= 15 is 0 Å². The first kappa shape index (κ1) is 7.39. The molecule has 0 bridgehead atoms. The van der Waals surface area contributed by atoms with Gasteiger partial charge in [-0.3, -0.25) is 0 Å². The van der Waals surface area contributed by atoms with E-state index in [0.717, 1.165) is 6.32 Å². The van der Waals surface area contributed by atoms with Crippen molar-refractivity contribution in [3.05, 3.63) is 34.9 Å². The van der Waals surface area contributed by atoms with Crippen LogP contribution in [0.15, 0.2) is 18.2 Å². The average molecular weight is 132 g/mol. The van der Waals surface area contributed by atoms with E-state index in [4.69, 9.17) is 0 Å². The number of aryl methyl sites for hydroxylation is 2. The van der Waals surface area contributed by atoms with Crippen LogP contribution in [-0.4, -0.2) is 7.85 Å². The summed E-state index contributed by atoms with van der Waals surface area (Å²) in [6.45, 7) is 4.30. The Morgan fingerprint density at radius 2 is 2.00 bits per heavy atom. The molecule has 0 radical (unpaired) electrons. The molecule has 0 N–H and O–H groups in total. The molecule has 0 atom stereocenters. The fraction of sp³-hybridized carbons (Fsp3) is 0.333. The predicted octanol–water partition coefficient (Wildman–Crippen LogP) is 1.44. The molecule has 1 aromatic carbocycles. The van der Waals surface area contributed by atoms with Gasteiger partial charge in [0.15, 0.2) is 0 Å². The molecule has 0 aromatic heterocycles. The number of hydrogen-bond donors (Lipinski definition) is 0. The molecule has 1 rings (SSSR count). The number of hydrogen-bond acceptors (Lipinski definition) is 0. The monoisotopic (exact) mass is 132 g/mol. The van der Waals surface area contributed by atoms with Gasteiger partial charge < -0.3 is 0 Å². The fourth-order valence-electron chi connectivity index (χ4n) is 1.18. The zero-order valence-corrected chi connectivity index (χ0v) is 6.94. The van der Waals surface area contributed by atoms with E-state index in [9.17, 15) is 0 Å². The van der Waals surface area contributed by atoms with Gasteiger partial charge in [0.2, 0.25) is 0 Å². The first-order valence-electron chi connectivity index (χ1n) is 3.80. The van der Waals surface area contributed by atoms with Gasteiger partial charge in [0.25, 0.3) is 0 Å². The van der Waals surface area contributed by atoms with Crippen molar-refractivity contribution in [1.29, 1.82) is 0 Å². The summed E-state index contributed by atoms with van der Waals surface area (Å²) in [5, 5.41) is 0. The Morgan fingerprint density at radius 1 is 1.30 bits per heavy atom. The van der Waals surface area contributed by atoms with Crippen LogP contribution in [0.5, 0.6) is 0 Å². The van der Waals surface area contributed by atoms with Gasteiger partial charge in [-0.25, -0.2) is 0 Å². The molecular formula is C9H13B.